The molecule has 130 valence electrons. The third-order valence-corrected chi connectivity index (χ3v) is 5.11. The summed E-state index contributed by atoms with van der Waals surface area (Å²) in [4.78, 5) is 11.4. The fourth-order valence-corrected chi connectivity index (χ4v) is 3.75. The Kier molecular flexibility index (Phi) is 3.84. The molecule has 3 heterocycles. The first-order chi connectivity index (χ1) is 12.1. The normalized spacial score (nSPS) is 16.6. The third-order valence-electron chi connectivity index (χ3n) is 5.11. The van der Waals surface area contributed by atoms with Crippen LogP contribution in [0.2, 0.25) is 0 Å². The summed E-state index contributed by atoms with van der Waals surface area (Å²) in [5, 5.41) is 0.823. The maximum Gasteiger partial charge on any atom is 0.232 e. The van der Waals surface area contributed by atoms with Crippen molar-refractivity contribution in [3.63, 3.8) is 0 Å². The molecule has 1 aromatic carbocycles. The van der Waals surface area contributed by atoms with Crippen molar-refractivity contribution in [1.29, 1.82) is 0 Å². The number of aromatic nitrogens is 2. The molecule has 0 aliphatic carbocycles. The quantitative estimate of drug-likeness (QED) is 0.760. The zero-order chi connectivity index (χ0) is 17.6. The van der Waals surface area contributed by atoms with Gasteiger partial charge in [-0.15, -0.1) is 0 Å². The lowest BCUT2D eigenvalue weighted by Crippen LogP contribution is -2.23. The van der Waals surface area contributed by atoms with Crippen LogP contribution in [0.25, 0.3) is 11.1 Å². The van der Waals surface area contributed by atoms with E-state index in [9.17, 15) is 0 Å². The van der Waals surface area contributed by atoms with E-state index in [1.165, 1.54) is 11.3 Å². The molecule has 0 saturated carbocycles. The molecule has 1 unspecified atom stereocenters. The maximum absolute atomic E-state index is 6.17. The second kappa shape index (κ2) is 6.04. The van der Waals surface area contributed by atoms with Gasteiger partial charge in [-0.2, -0.15) is 4.98 Å². The molecule has 0 saturated heterocycles. The van der Waals surface area contributed by atoms with Crippen molar-refractivity contribution < 1.29 is 4.42 Å². The Balaban J connectivity index is 1.68. The predicted octanol–water partition coefficient (Wildman–Crippen LogP) is 2.87. The van der Waals surface area contributed by atoms with Gasteiger partial charge in [0, 0.05) is 23.7 Å². The Labute approximate surface area is 146 Å². The minimum Gasteiger partial charge on any atom is -0.443 e. The van der Waals surface area contributed by atoms with Gasteiger partial charge in [0.25, 0.3) is 0 Å². The number of rotatable bonds is 4. The topological polar surface area (TPSA) is 94.2 Å². The van der Waals surface area contributed by atoms with Gasteiger partial charge in [-0.25, -0.2) is 4.98 Å². The monoisotopic (exact) mass is 337 g/mol. The highest BCUT2D eigenvalue weighted by atomic mass is 16.3. The number of hydrogen-bond acceptors (Lipinski definition) is 6. The van der Waals surface area contributed by atoms with Crippen LogP contribution < -0.4 is 16.4 Å². The van der Waals surface area contributed by atoms with Crippen LogP contribution in [-0.2, 0) is 6.54 Å². The number of aryl methyl sites for hydroxylation is 2. The highest BCUT2D eigenvalue weighted by Gasteiger charge is 2.28. The number of nitrogens with two attached hydrogens (primary N) is 2. The summed E-state index contributed by atoms with van der Waals surface area (Å²) in [5.74, 6) is 2.46. The van der Waals surface area contributed by atoms with Gasteiger partial charge in [0.1, 0.15) is 11.6 Å². The minimum atomic E-state index is 0.454. The van der Waals surface area contributed by atoms with Gasteiger partial charge < -0.3 is 20.8 Å². The maximum atomic E-state index is 6.17. The SMILES string of the molecule is Cc1oc2nc(CN3CC(CCN)c4ccccc43)nc(N)c2c1C. The van der Waals surface area contributed by atoms with Crippen LogP contribution in [0.15, 0.2) is 28.7 Å². The summed E-state index contributed by atoms with van der Waals surface area (Å²) >= 11 is 0. The number of para-hydroxylation sites is 1. The molecule has 0 fully saturated rings. The number of hydrogen-bond donors (Lipinski definition) is 2. The van der Waals surface area contributed by atoms with Crippen LogP contribution in [0.5, 0.6) is 0 Å². The zero-order valence-corrected chi connectivity index (χ0v) is 14.6. The smallest absolute Gasteiger partial charge is 0.232 e. The second-order valence-corrected chi connectivity index (χ2v) is 6.70. The summed E-state index contributed by atoms with van der Waals surface area (Å²) in [5.41, 5.74) is 16.1. The van der Waals surface area contributed by atoms with Crippen LogP contribution in [-0.4, -0.2) is 23.1 Å². The summed E-state index contributed by atoms with van der Waals surface area (Å²) in [6.45, 7) is 6.12. The summed E-state index contributed by atoms with van der Waals surface area (Å²) < 4.78 is 5.75. The fourth-order valence-electron chi connectivity index (χ4n) is 3.75. The molecule has 0 amide bonds. The van der Waals surface area contributed by atoms with E-state index >= 15 is 0 Å². The standard InChI is InChI=1S/C19H23N5O/c1-11-12(2)25-19-17(11)18(21)22-16(23-19)10-24-9-13(7-8-20)14-5-3-4-6-15(14)24/h3-6,13H,7-10,20H2,1-2H3,(H2,21,22,23). The number of nitrogens with zero attached hydrogens (tertiary/aromatic N) is 3. The first-order valence-corrected chi connectivity index (χ1v) is 8.64. The van der Waals surface area contributed by atoms with Crippen molar-refractivity contribution in [2.75, 3.05) is 23.7 Å². The molecule has 0 bridgehead atoms. The van der Waals surface area contributed by atoms with Crippen LogP contribution in [0.1, 0.15) is 35.1 Å². The Bertz CT molecular complexity index is 933. The van der Waals surface area contributed by atoms with Crippen molar-refractivity contribution in [3.8, 4) is 0 Å². The lowest BCUT2D eigenvalue weighted by atomic mass is 9.98. The molecule has 0 radical (unpaired) electrons. The van der Waals surface area contributed by atoms with E-state index in [4.69, 9.17) is 15.9 Å². The molecule has 1 aliphatic heterocycles. The van der Waals surface area contributed by atoms with E-state index in [0.29, 0.717) is 36.4 Å². The lowest BCUT2D eigenvalue weighted by Gasteiger charge is -2.19. The van der Waals surface area contributed by atoms with Crippen molar-refractivity contribution in [1.82, 2.24) is 9.97 Å². The van der Waals surface area contributed by atoms with Crippen LogP contribution in [0, 0.1) is 13.8 Å². The van der Waals surface area contributed by atoms with E-state index < -0.39 is 0 Å². The van der Waals surface area contributed by atoms with Gasteiger partial charge in [-0.1, -0.05) is 18.2 Å². The molecule has 25 heavy (non-hydrogen) atoms. The molecule has 4 rings (SSSR count). The summed E-state index contributed by atoms with van der Waals surface area (Å²) in [7, 11) is 0. The number of anilines is 2. The number of fused-ring (bicyclic) bond motifs is 2. The van der Waals surface area contributed by atoms with Gasteiger partial charge >= 0.3 is 0 Å². The number of benzene rings is 1. The van der Waals surface area contributed by atoms with Crippen molar-refractivity contribution >= 4 is 22.6 Å². The second-order valence-electron chi connectivity index (χ2n) is 6.70. The zero-order valence-electron chi connectivity index (χ0n) is 14.6. The molecule has 3 aromatic rings. The Morgan fingerprint density at radius 1 is 1.24 bits per heavy atom. The van der Waals surface area contributed by atoms with E-state index in [1.807, 2.05) is 13.8 Å². The van der Waals surface area contributed by atoms with Crippen molar-refractivity contribution in [3.05, 3.63) is 47.0 Å². The molecular formula is C19H23N5O. The number of furan rings is 1. The van der Waals surface area contributed by atoms with Gasteiger partial charge in [-0.05, 0) is 38.4 Å². The van der Waals surface area contributed by atoms with Crippen molar-refractivity contribution in [2.45, 2.75) is 32.7 Å². The van der Waals surface area contributed by atoms with E-state index in [1.54, 1.807) is 0 Å². The van der Waals surface area contributed by atoms with Crippen LogP contribution >= 0.6 is 0 Å². The molecule has 1 atom stereocenters. The minimum absolute atomic E-state index is 0.454. The average Bonchev–Trinajstić information content (AvgIpc) is 3.07. The molecule has 4 N–H and O–H groups in total. The average molecular weight is 337 g/mol. The van der Waals surface area contributed by atoms with Crippen molar-refractivity contribution in [2.24, 2.45) is 5.73 Å². The highest BCUT2D eigenvalue weighted by Crippen LogP contribution is 2.38. The summed E-state index contributed by atoms with van der Waals surface area (Å²) in [6, 6.07) is 8.48. The van der Waals surface area contributed by atoms with Gasteiger partial charge in [0.05, 0.1) is 11.9 Å². The lowest BCUT2D eigenvalue weighted by molar-refractivity contribution is 0.560. The van der Waals surface area contributed by atoms with E-state index in [2.05, 4.69) is 39.1 Å². The summed E-state index contributed by atoms with van der Waals surface area (Å²) in [6.07, 6.45) is 0.978. The number of nitrogen functional groups attached to an aromatic ring is 1. The predicted molar refractivity (Wildman–Crippen MR) is 99.6 cm³/mol. The Morgan fingerprint density at radius 2 is 2.04 bits per heavy atom. The fraction of sp³-hybridized carbons (Fsp3) is 0.368. The van der Waals surface area contributed by atoms with Crippen LogP contribution in [0.4, 0.5) is 11.5 Å². The van der Waals surface area contributed by atoms with Gasteiger partial charge in [0.15, 0.2) is 5.82 Å². The molecule has 1 aliphatic rings. The van der Waals surface area contributed by atoms with E-state index in [0.717, 1.165) is 29.7 Å². The molecule has 6 heteroatoms. The first-order valence-electron chi connectivity index (χ1n) is 8.64. The van der Waals surface area contributed by atoms with Gasteiger partial charge in [-0.3, -0.25) is 0 Å². The van der Waals surface area contributed by atoms with E-state index in [-0.39, 0.29) is 0 Å². The van der Waals surface area contributed by atoms with Crippen LogP contribution in [0.3, 0.4) is 0 Å². The Morgan fingerprint density at radius 3 is 2.84 bits per heavy atom. The largest absolute Gasteiger partial charge is 0.443 e. The van der Waals surface area contributed by atoms with Gasteiger partial charge in [0.2, 0.25) is 5.71 Å². The first kappa shape index (κ1) is 15.9. The molecule has 0 spiro atoms. The molecule has 2 aromatic heterocycles. The molecular weight excluding hydrogens is 314 g/mol. The molecule has 6 nitrogen and oxygen atoms in total. The third kappa shape index (κ3) is 2.62. The Hall–Kier alpha value is -2.60. The highest BCUT2D eigenvalue weighted by molar-refractivity contribution is 5.88.